The number of nitrogens with one attached hydrogen (secondary N) is 1. The van der Waals surface area contributed by atoms with E-state index in [4.69, 9.17) is 10.5 Å². The number of nitrogens with two attached hydrogens (primary N) is 1. The second-order valence-corrected chi connectivity index (χ2v) is 6.27. The highest BCUT2D eigenvalue weighted by Crippen LogP contribution is 2.16. The molecule has 130 valence electrons. The van der Waals surface area contributed by atoms with Gasteiger partial charge in [-0.25, -0.2) is 0 Å². The molecule has 2 heterocycles. The molecule has 9 heteroatoms. The van der Waals surface area contributed by atoms with Crippen LogP contribution in [0, 0.1) is 0 Å². The summed E-state index contributed by atoms with van der Waals surface area (Å²) >= 11 is 1.25. The van der Waals surface area contributed by atoms with Gasteiger partial charge >= 0.3 is 5.97 Å². The van der Waals surface area contributed by atoms with Crippen molar-refractivity contribution in [3.05, 3.63) is 22.4 Å². The van der Waals surface area contributed by atoms with E-state index in [1.54, 1.807) is 17.5 Å². The molecule has 1 saturated heterocycles. The number of rotatable bonds is 6. The zero-order chi connectivity index (χ0) is 17.5. The lowest BCUT2D eigenvalue weighted by Crippen LogP contribution is -2.51. The number of likely N-dealkylation sites (tertiary alicyclic amines) is 1. The Morgan fingerprint density at radius 3 is 2.79 bits per heavy atom. The lowest BCUT2D eigenvalue weighted by atomic mass is 10.0. The average Bonchev–Trinajstić information content (AvgIpc) is 3.12. The summed E-state index contributed by atoms with van der Waals surface area (Å²) in [5, 5.41) is 4.16. The molecule has 0 unspecified atom stereocenters. The van der Waals surface area contributed by atoms with Gasteiger partial charge in [-0.05, 0) is 30.7 Å². The van der Waals surface area contributed by atoms with Gasteiger partial charge in [0.2, 0.25) is 5.91 Å². The lowest BCUT2D eigenvalue weighted by Gasteiger charge is -2.33. The third-order valence-electron chi connectivity index (χ3n) is 3.65. The van der Waals surface area contributed by atoms with Crippen molar-refractivity contribution in [2.24, 2.45) is 5.73 Å². The first-order chi connectivity index (χ1) is 11.5. The van der Waals surface area contributed by atoms with E-state index in [0.717, 1.165) is 12.8 Å². The quantitative estimate of drug-likeness (QED) is 0.692. The molecule has 1 fully saturated rings. The molecule has 0 aliphatic carbocycles. The fraction of sp³-hybridized carbons (Fsp3) is 0.467. The number of ether oxygens (including phenoxy) is 1. The molecule has 3 amide bonds. The average molecular weight is 353 g/mol. The number of hydrogen-bond acceptors (Lipinski definition) is 6. The van der Waals surface area contributed by atoms with Gasteiger partial charge in [-0.1, -0.05) is 6.07 Å². The number of piperidine rings is 1. The van der Waals surface area contributed by atoms with Gasteiger partial charge < -0.3 is 20.7 Å². The number of carbonyl (C=O) groups excluding carboxylic acids is 4. The first-order valence-electron chi connectivity index (χ1n) is 7.55. The molecular weight excluding hydrogens is 334 g/mol. The number of esters is 1. The van der Waals surface area contributed by atoms with E-state index in [-0.39, 0.29) is 12.5 Å². The van der Waals surface area contributed by atoms with Crippen LogP contribution in [0.4, 0.5) is 0 Å². The van der Waals surface area contributed by atoms with Crippen LogP contribution < -0.4 is 11.1 Å². The van der Waals surface area contributed by atoms with Crippen molar-refractivity contribution in [3.8, 4) is 0 Å². The largest absolute Gasteiger partial charge is 0.454 e. The zero-order valence-corrected chi connectivity index (χ0v) is 13.8. The van der Waals surface area contributed by atoms with Gasteiger partial charge in [0.1, 0.15) is 12.6 Å². The Morgan fingerprint density at radius 2 is 2.12 bits per heavy atom. The fourth-order valence-electron chi connectivity index (χ4n) is 2.45. The van der Waals surface area contributed by atoms with Crippen LogP contribution >= 0.6 is 11.3 Å². The molecule has 3 N–H and O–H groups in total. The van der Waals surface area contributed by atoms with Gasteiger partial charge in [0.15, 0.2) is 6.61 Å². The molecule has 0 bridgehead atoms. The third kappa shape index (κ3) is 4.79. The van der Waals surface area contributed by atoms with E-state index in [2.05, 4.69) is 5.32 Å². The number of carbonyl (C=O) groups is 4. The highest BCUT2D eigenvalue weighted by atomic mass is 32.1. The minimum absolute atomic E-state index is 0.330. The van der Waals surface area contributed by atoms with Crippen molar-refractivity contribution in [3.63, 3.8) is 0 Å². The molecule has 1 aliphatic rings. The predicted octanol–water partition coefficient (Wildman–Crippen LogP) is -0.113. The van der Waals surface area contributed by atoms with Crippen molar-refractivity contribution >= 4 is 35.0 Å². The van der Waals surface area contributed by atoms with Crippen LogP contribution in [-0.4, -0.2) is 54.3 Å². The van der Waals surface area contributed by atoms with E-state index < -0.39 is 30.4 Å². The molecular formula is C15H19N3O5S. The molecule has 0 saturated carbocycles. The number of nitrogens with zero attached hydrogens (tertiary/aromatic N) is 1. The van der Waals surface area contributed by atoms with Crippen LogP contribution in [-0.2, 0) is 19.1 Å². The van der Waals surface area contributed by atoms with Crippen LogP contribution in [0.15, 0.2) is 17.5 Å². The van der Waals surface area contributed by atoms with Crippen molar-refractivity contribution in [2.45, 2.75) is 25.3 Å². The van der Waals surface area contributed by atoms with E-state index in [1.807, 2.05) is 0 Å². The minimum Gasteiger partial charge on any atom is -0.454 e. The van der Waals surface area contributed by atoms with Crippen LogP contribution in [0.5, 0.6) is 0 Å². The zero-order valence-electron chi connectivity index (χ0n) is 13.0. The summed E-state index contributed by atoms with van der Waals surface area (Å²) in [5.74, 6) is -2.12. The maximum atomic E-state index is 12.1. The van der Waals surface area contributed by atoms with Gasteiger partial charge in [0.05, 0.1) is 4.88 Å². The monoisotopic (exact) mass is 353 g/mol. The van der Waals surface area contributed by atoms with E-state index in [1.165, 1.54) is 16.2 Å². The third-order valence-corrected chi connectivity index (χ3v) is 4.52. The Morgan fingerprint density at radius 1 is 1.33 bits per heavy atom. The maximum Gasteiger partial charge on any atom is 0.325 e. The second kappa shape index (κ2) is 8.44. The van der Waals surface area contributed by atoms with Crippen LogP contribution in [0.1, 0.15) is 28.9 Å². The summed E-state index contributed by atoms with van der Waals surface area (Å²) in [7, 11) is 0. The van der Waals surface area contributed by atoms with Crippen molar-refractivity contribution in [2.75, 3.05) is 19.7 Å². The SMILES string of the molecule is NC(=O)[C@H]1CCCCN1C(=O)COC(=O)CNC(=O)c1cccs1. The molecule has 1 aromatic heterocycles. The minimum atomic E-state index is -0.721. The number of primary amides is 1. The second-order valence-electron chi connectivity index (χ2n) is 5.32. The smallest absolute Gasteiger partial charge is 0.325 e. The molecule has 2 rings (SSSR count). The summed E-state index contributed by atoms with van der Waals surface area (Å²) in [6.07, 6.45) is 2.12. The number of amides is 3. The van der Waals surface area contributed by atoms with Crippen LogP contribution in [0.25, 0.3) is 0 Å². The summed E-state index contributed by atoms with van der Waals surface area (Å²) < 4.78 is 4.86. The summed E-state index contributed by atoms with van der Waals surface area (Å²) in [4.78, 5) is 48.6. The number of thiophene rings is 1. The molecule has 0 radical (unpaired) electrons. The molecule has 1 atom stereocenters. The summed E-state index contributed by atoms with van der Waals surface area (Å²) in [6, 6.07) is 2.71. The highest BCUT2D eigenvalue weighted by molar-refractivity contribution is 7.12. The standard InChI is InChI=1S/C15H19N3O5S/c16-14(21)10-4-1-2-6-18(10)12(19)9-23-13(20)8-17-15(22)11-5-3-7-24-11/h3,5,7,10H,1-2,4,6,8-9H2,(H2,16,21)(H,17,22)/t10-/m1/s1. The van der Waals surface area contributed by atoms with E-state index in [0.29, 0.717) is 17.8 Å². The molecule has 24 heavy (non-hydrogen) atoms. The van der Waals surface area contributed by atoms with E-state index >= 15 is 0 Å². The van der Waals surface area contributed by atoms with Gasteiger partial charge in [-0.2, -0.15) is 0 Å². The fourth-order valence-corrected chi connectivity index (χ4v) is 3.09. The topological polar surface area (TPSA) is 119 Å². The van der Waals surface area contributed by atoms with Gasteiger partial charge in [0, 0.05) is 6.54 Å². The molecule has 0 spiro atoms. The van der Waals surface area contributed by atoms with Crippen molar-refractivity contribution in [1.29, 1.82) is 0 Å². The van der Waals surface area contributed by atoms with Crippen molar-refractivity contribution in [1.82, 2.24) is 10.2 Å². The Kier molecular flexibility index (Phi) is 6.30. The number of hydrogen-bond donors (Lipinski definition) is 2. The highest BCUT2D eigenvalue weighted by Gasteiger charge is 2.30. The molecule has 0 aromatic carbocycles. The summed E-state index contributed by atoms with van der Waals surface area (Å²) in [5.41, 5.74) is 5.29. The Labute approximate surface area is 142 Å². The van der Waals surface area contributed by atoms with Gasteiger partial charge in [0.25, 0.3) is 11.8 Å². The van der Waals surface area contributed by atoms with Crippen molar-refractivity contribution < 1.29 is 23.9 Å². The Hall–Kier alpha value is -2.42. The molecule has 8 nitrogen and oxygen atoms in total. The normalized spacial score (nSPS) is 17.2. The Bertz CT molecular complexity index is 617. The first kappa shape index (κ1) is 17.9. The molecule has 1 aromatic rings. The van der Waals surface area contributed by atoms with Gasteiger partial charge in [-0.3, -0.25) is 19.2 Å². The maximum absolute atomic E-state index is 12.1. The molecule has 1 aliphatic heterocycles. The van der Waals surface area contributed by atoms with E-state index in [9.17, 15) is 19.2 Å². The summed E-state index contributed by atoms with van der Waals surface area (Å²) in [6.45, 7) is -0.389. The first-order valence-corrected chi connectivity index (χ1v) is 8.43. The van der Waals surface area contributed by atoms with Crippen LogP contribution in [0.3, 0.4) is 0 Å². The lowest BCUT2D eigenvalue weighted by molar-refractivity contribution is -0.154. The predicted molar refractivity (Wildman–Crippen MR) is 86.2 cm³/mol. The van der Waals surface area contributed by atoms with Crippen LogP contribution in [0.2, 0.25) is 0 Å². The van der Waals surface area contributed by atoms with Gasteiger partial charge in [-0.15, -0.1) is 11.3 Å². The Balaban J connectivity index is 1.75.